The van der Waals surface area contributed by atoms with E-state index in [1.165, 1.54) is 12.1 Å². The van der Waals surface area contributed by atoms with Crippen molar-refractivity contribution in [3.63, 3.8) is 0 Å². The van der Waals surface area contributed by atoms with Gasteiger partial charge in [-0.2, -0.15) is 0 Å². The minimum atomic E-state index is -4.01. The lowest BCUT2D eigenvalue weighted by molar-refractivity contribution is 0.373. The zero-order valence-electron chi connectivity index (χ0n) is 19.1. The van der Waals surface area contributed by atoms with Crippen LogP contribution < -0.4 is 0 Å². The Hall–Kier alpha value is -2.46. The van der Waals surface area contributed by atoms with E-state index < -0.39 is 7.60 Å². The fraction of sp³-hybridized carbons (Fsp3) is 0.308. The average Bonchev–Trinajstić information content (AvgIpc) is 2.74. The number of aromatic hydroxyl groups is 1. The molecule has 0 unspecified atom stereocenters. The van der Waals surface area contributed by atoms with Crippen LogP contribution in [0.4, 0.5) is 4.39 Å². The summed E-state index contributed by atoms with van der Waals surface area (Å²) in [4.78, 5) is 18.2. The van der Waals surface area contributed by atoms with Crippen LogP contribution in [-0.4, -0.2) is 21.1 Å². The molecule has 0 saturated carbocycles. The minimum Gasteiger partial charge on any atom is -0.508 e. The molecule has 3 aromatic rings. The quantitative estimate of drug-likeness (QED) is 0.375. The van der Waals surface area contributed by atoms with Gasteiger partial charge in [-0.1, -0.05) is 50.2 Å². The maximum atomic E-state index is 13.1. The first-order chi connectivity index (χ1) is 15.1. The van der Waals surface area contributed by atoms with Gasteiger partial charge in [0.05, 0.1) is 6.16 Å². The molecule has 6 heteroatoms. The second-order valence-electron chi connectivity index (χ2n) is 7.79. The summed E-state index contributed by atoms with van der Waals surface area (Å²) in [6.45, 7) is 8.01. The minimum absolute atomic E-state index is 0.157. The molecule has 0 aromatic heterocycles. The summed E-state index contributed by atoms with van der Waals surface area (Å²) >= 11 is 0. The third kappa shape index (κ3) is 7.59. The maximum Gasteiger partial charge on any atom is 0.325 e. The number of hydrogen-bond acceptors (Lipinski definition) is 2. The molecule has 0 fully saturated rings. The average molecular weight is 459 g/mol. The summed E-state index contributed by atoms with van der Waals surface area (Å²) in [5.41, 5.74) is 6.98. The van der Waals surface area contributed by atoms with Gasteiger partial charge >= 0.3 is 7.60 Å². The summed E-state index contributed by atoms with van der Waals surface area (Å²) in [6, 6.07) is 15.8. The number of benzene rings is 3. The van der Waals surface area contributed by atoms with E-state index >= 15 is 0 Å². The predicted molar refractivity (Wildman–Crippen MR) is 128 cm³/mol. The summed E-state index contributed by atoms with van der Waals surface area (Å²) < 4.78 is 24.3. The van der Waals surface area contributed by atoms with E-state index in [0.29, 0.717) is 19.3 Å². The van der Waals surface area contributed by atoms with Crippen LogP contribution in [0.15, 0.2) is 54.6 Å². The van der Waals surface area contributed by atoms with Crippen molar-refractivity contribution in [2.45, 2.75) is 47.0 Å². The fourth-order valence-electron chi connectivity index (χ4n) is 3.70. The van der Waals surface area contributed by atoms with Crippen molar-refractivity contribution in [3.8, 4) is 5.75 Å². The number of rotatable bonds is 7. The van der Waals surface area contributed by atoms with Crippen LogP contribution in [0.5, 0.6) is 5.75 Å². The third-order valence-corrected chi connectivity index (χ3v) is 6.09. The van der Waals surface area contributed by atoms with E-state index in [-0.39, 0.29) is 17.7 Å². The monoisotopic (exact) mass is 458 g/mol. The highest BCUT2D eigenvalue weighted by molar-refractivity contribution is 7.51. The molecule has 3 aromatic carbocycles. The highest BCUT2D eigenvalue weighted by Gasteiger charge is 2.14. The molecule has 4 nitrogen and oxygen atoms in total. The van der Waals surface area contributed by atoms with Gasteiger partial charge in [-0.15, -0.1) is 0 Å². The van der Waals surface area contributed by atoms with Gasteiger partial charge in [0.15, 0.2) is 0 Å². The van der Waals surface area contributed by atoms with E-state index in [1.54, 1.807) is 18.2 Å². The standard InChI is InChI=1S/C24H26FO4P.C2H6/c1-16-11-20(9-10-30(27,28)29)12-17(2)23(16)15-19-5-8-24(26)21(14-19)13-18-3-6-22(25)7-4-18;1-2/h3-8,11-12,14,26H,9-10,13,15H2,1-2H3,(H2,27,28,29);1-2H3. The molecule has 0 atom stereocenters. The van der Waals surface area contributed by atoms with Gasteiger partial charge in [0.1, 0.15) is 11.6 Å². The first-order valence-corrected chi connectivity index (χ1v) is 12.6. The van der Waals surface area contributed by atoms with Crippen LogP contribution in [0.3, 0.4) is 0 Å². The van der Waals surface area contributed by atoms with Crippen molar-refractivity contribution in [1.82, 2.24) is 0 Å². The Balaban J connectivity index is 0.00000176. The molecule has 32 heavy (non-hydrogen) atoms. The number of hydrogen-bond donors (Lipinski definition) is 3. The Kier molecular flexibility index (Phi) is 9.21. The molecule has 0 heterocycles. The number of aryl methyl sites for hydroxylation is 3. The highest BCUT2D eigenvalue weighted by atomic mass is 31.2. The van der Waals surface area contributed by atoms with Gasteiger partial charge in [-0.25, -0.2) is 4.39 Å². The molecule has 3 N–H and O–H groups in total. The van der Waals surface area contributed by atoms with Crippen LogP contribution in [-0.2, 0) is 23.8 Å². The van der Waals surface area contributed by atoms with Crippen molar-refractivity contribution in [2.24, 2.45) is 0 Å². The van der Waals surface area contributed by atoms with Crippen LogP contribution in [0.1, 0.15) is 52.8 Å². The molecule has 0 bridgehead atoms. The van der Waals surface area contributed by atoms with Gasteiger partial charge in [0.2, 0.25) is 0 Å². The predicted octanol–water partition coefficient (Wildman–Crippen LogP) is 6.08. The molecule has 0 aliphatic rings. The van der Waals surface area contributed by atoms with E-state index in [2.05, 4.69) is 0 Å². The summed E-state index contributed by atoms with van der Waals surface area (Å²) in [5, 5.41) is 10.2. The van der Waals surface area contributed by atoms with Gasteiger partial charge in [0, 0.05) is 6.42 Å². The summed E-state index contributed by atoms with van der Waals surface area (Å²) in [6.07, 6.45) is 1.38. The Morgan fingerprint density at radius 1 is 0.812 bits per heavy atom. The van der Waals surface area contributed by atoms with Crippen LogP contribution in [0, 0.1) is 19.7 Å². The molecular formula is C26H32FO4P. The number of halogens is 1. The first-order valence-electron chi connectivity index (χ1n) is 10.8. The Morgan fingerprint density at radius 3 is 1.94 bits per heavy atom. The smallest absolute Gasteiger partial charge is 0.325 e. The van der Waals surface area contributed by atoms with Crippen LogP contribution in [0.25, 0.3) is 0 Å². The zero-order chi connectivity index (χ0) is 23.9. The molecule has 0 spiro atoms. The molecule has 3 rings (SSSR count). The lowest BCUT2D eigenvalue weighted by atomic mass is 9.92. The fourth-order valence-corrected chi connectivity index (χ4v) is 4.25. The first kappa shape index (κ1) is 25.8. The molecule has 172 valence electrons. The molecule has 0 saturated heterocycles. The second kappa shape index (κ2) is 11.4. The van der Waals surface area contributed by atoms with E-state index in [4.69, 9.17) is 9.79 Å². The van der Waals surface area contributed by atoms with Crippen molar-refractivity contribution in [3.05, 3.63) is 99.4 Å². The molecule has 0 aliphatic heterocycles. The lowest BCUT2D eigenvalue weighted by Gasteiger charge is -2.15. The lowest BCUT2D eigenvalue weighted by Crippen LogP contribution is -2.01. The van der Waals surface area contributed by atoms with Crippen molar-refractivity contribution >= 4 is 7.60 Å². The number of phenols is 1. The van der Waals surface area contributed by atoms with Gasteiger partial charge in [-0.3, -0.25) is 4.57 Å². The summed E-state index contributed by atoms with van der Waals surface area (Å²) in [5.74, 6) is -0.0729. The van der Waals surface area contributed by atoms with E-state index in [9.17, 15) is 14.1 Å². The Bertz CT molecular complexity index is 1060. The van der Waals surface area contributed by atoms with Crippen molar-refractivity contribution in [1.29, 1.82) is 0 Å². The molecular weight excluding hydrogens is 426 g/mol. The second-order valence-corrected chi connectivity index (χ2v) is 9.57. The Morgan fingerprint density at radius 2 is 1.38 bits per heavy atom. The Labute approximate surface area is 189 Å². The van der Waals surface area contributed by atoms with Gasteiger partial charge < -0.3 is 14.9 Å². The number of phenolic OH excluding ortho intramolecular Hbond substituents is 1. The topological polar surface area (TPSA) is 77.8 Å². The van der Waals surface area contributed by atoms with Crippen molar-refractivity contribution < 1.29 is 23.8 Å². The molecule has 0 aliphatic carbocycles. The van der Waals surface area contributed by atoms with Crippen molar-refractivity contribution in [2.75, 3.05) is 6.16 Å². The largest absolute Gasteiger partial charge is 0.508 e. The van der Waals surface area contributed by atoms with Crippen LogP contribution in [0.2, 0.25) is 0 Å². The van der Waals surface area contributed by atoms with Crippen LogP contribution >= 0.6 is 7.60 Å². The SMILES string of the molecule is CC.Cc1cc(CCP(=O)(O)O)cc(C)c1Cc1ccc(O)c(Cc2ccc(F)cc2)c1. The van der Waals surface area contributed by atoms with Gasteiger partial charge in [0.25, 0.3) is 0 Å². The molecule has 0 radical (unpaired) electrons. The summed E-state index contributed by atoms with van der Waals surface area (Å²) in [7, 11) is -4.01. The maximum absolute atomic E-state index is 13.1. The molecule has 0 amide bonds. The van der Waals surface area contributed by atoms with E-state index in [0.717, 1.165) is 38.9 Å². The normalized spacial score (nSPS) is 11.1. The van der Waals surface area contributed by atoms with Gasteiger partial charge in [-0.05, 0) is 83.8 Å². The van der Waals surface area contributed by atoms with E-state index in [1.807, 2.05) is 52.0 Å². The zero-order valence-corrected chi connectivity index (χ0v) is 20.0. The highest BCUT2D eigenvalue weighted by Crippen LogP contribution is 2.35. The third-order valence-electron chi connectivity index (χ3n) is 5.28.